The Kier molecular flexibility index (Phi) is 5.73. The van der Waals surface area contributed by atoms with Gasteiger partial charge in [0.2, 0.25) is 0 Å². The molecule has 0 fully saturated rings. The van der Waals surface area contributed by atoms with Crippen LogP contribution < -0.4 is 0 Å². The van der Waals surface area contributed by atoms with Crippen molar-refractivity contribution < 1.29 is 9.47 Å². The zero-order chi connectivity index (χ0) is 12.5. The Morgan fingerprint density at radius 3 is 2.76 bits per heavy atom. The van der Waals surface area contributed by atoms with E-state index >= 15 is 0 Å². The lowest BCUT2D eigenvalue weighted by atomic mass is 10.3. The summed E-state index contributed by atoms with van der Waals surface area (Å²) in [6.07, 6.45) is 2.32. The molecule has 0 bridgehead atoms. The van der Waals surface area contributed by atoms with Crippen LogP contribution in [0.3, 0.4) is 0 Å². The Labute approximate surface area is 100 Å². The summed E-state index contributed by atoms with van der Waals surface area (Å²) in [5, 5.41) is 17.6. The van der Waals surface area contributed by atoms with Crippen molar-refractivity contribution in [1.29, 1.82) is 10.5 Å². The molecule has 0 saturated carbocycles. The molecule has 0 saturated heterocycles. The number of rotatable bonds is 7. The van der Waals surface area contributed by atoms with Crippen molar-refractivity contribution in [2.24, 2.45) is 0 Å². The average molecular weight is 234 g/mol. The summed E-state index contributed by atoms with van der Waals surface area (Å²) < 4.78 is 11.9. The van der Waals surface area contributed by atoms with Crippen LogP contribution in [0, 0.1) is 22.7 Å². The van der Waals surface area contributed by atoms with E-state index in [1.165, 1.54) is 6.33 Å². The molecule has 1 rings (SSSR count). The fourth-order valence-electron chi connectivity index (χ4n) is 1.32. The number of hydrogen-bond donors (Lipinski definition) is 0. The fourth-order valence-corrected chi connectivity index (χ4v) is 1.32. The summed E-state index contributed by atoms with van der Waals surface area (Å²) in [5.41, 5.74) is 0.444. The van der Waals surface area contributed by atoms with E-state index < -0.39 is 0 Å². The van der Waals surface area contributed by atoms with E-state index in [1.807, 2.05) is 12.1 Å². The molecule has 1 aromatic rings. The minimum atomic E-state index is 0.159. The summed E-state index contributed by atoms with van der Waals surface area (Å²) in [4.78, 5) is 3.84. The molecule has 17 heavy (non-hydrogen) atoms. The predicted molar refractivity (Wildman–Crippen MR) is 59.0 cm³/mol. The number of imidazole rings is 1. The lowest BCUT2D eigenvalue weighted by molar-refractivity contribution is 0.0976. The number of nitriles is 2. The molecular formula is C11H14N4O2. The van der Waals surface area contributed by atoms with Gasteiger partial charge < -0.3 is 14.0 Å². The molecule has 0 aromatic carbocycles. The first kappa shape index (κ1) is 13.2. The number of methoxy groups -OCH3 is 1. The van der Waals surface area contributed by atoms with Gasteiger partial charge in [0, 0.05) is 26.9 Å². The standard InChI is InChI=1S/C11H14N4O2/c1-16-4-2-5-17-6-3-15-9-14-10(7-12)11(15)8-13/h9H,2-6H2,1H3. The van der Waals surface area contributed by atoms with Crippen LogP contribution in [0.5, 0.6) is 0 Å². The van der Waals surface area contributed by atoms with Gasteiger partial charge in [-0.2, -0.15) is 10.5 Å². The lowest BCUT2D eigenvalue weighted by Crippen LogP contribution is -2.08. The molecule has 0 aliphatic carbocycles. The zero-order valence-electron chi connectivity index (χ0n) is 9.72. The van der Waals surface area contributed by atoms with Crippen molar-refractivity contribution in [3.05, 3.63) is 17.7 Å². The molecule has 1 aromatic heterocycles. The zero-order valence-corrected chi connectivity index (χ0v) is 9.72. The van der Waals surface area contributed by atoms with Gasteiger partial charge in [-0.1, -0.05) is 0 Å². The van der Waals surface area contributed by atoms with Crippen molar-refractivity contribution >= 4 is 0 Å². The summed E-state index contributed by atoms with van der Waals surface area (Å²) in [6.45, 7) is 2.30. The molecular weight excluding hydrogens is 220 g/mol. The van der Waals surface area contributed by atoms with E-state index in [1.54, 1.807) is 11.7 Å². The van der Waals surface area contributed by atoms with Crippen LogP contribution in [0.15, 0.2) is 6.33 Å². The first-order valence-corrected chi connectivity index (χ1v) is 5.25. The highest BCUT2D eigenvalue weighted by Crippen LogP contribution is 2.04. The Bertz CT molecular complexity index is 428. The maximum atomic E-state index is 8.87. The van der Waals surface area contributed by atoms with Crippen LogP contribution in [0.4, 0.5) is 0 Å². The smallest absolute Gasteiger partial charge is 0.176 e. The van der Waals surface area contributed by atoms with E-state index in [4.69, 9.17) is 20.0 Å². The highest BCUT2D eigenvalue weighted by molar-refractivity contribution is 5.35. The summed E-state index contributed by atoms with van der Waals surface area (Å²) in [6, 6.07) is 3.83. The van der Waals surface area contributed by atoms with E-state index in [0.717, 1.165) is 6.42 Å². The monoisotopic (exact) mass is 234 g/mol. The molecule has 6 heteroatoms. The van der Waals surface area contributed by atoms with Crippen molar-refractivity contribution in [2.75, 3.05) is 26.9 Å². The molecule has 0 amide bonds. The molecule has 0 atom stereocenters. The van der Waals surface area contributed by atoms with E-state index in [9.17, 15) is 0 Å². The van der Waals surface area contributed by atoms with Gasteiger partial charge >= 0.3 is 0 Å². The quantitative estimate of drug-likeness (QED) is 0.648. The fraction of sp³-hybridized carbons (Fsp3) is 0.545. The van der Waals surface area contributed by atoms with Crippen LogP contribution >= 0.6 is 0 Å². The molecule has 0 radical (unpaired) electrons. The van der Waals surface area contributed by atoms with Gasteiger partial charge in [0.25, 0.3) is 0 Å². The molecule has 0 aliphatic heterocycles. The van der Waals surface area contributed by atoms with Crippen LogP contribution in [0.2, 0.25) is 0 Å². The van der Waals surface area contributed by atoms with Gasteiger partial charge in [-0.15, -0.1) is 0 Å². The first-order chi connectivity index (χ1) is 8.33. The Hall–Kier alpha value is -1.89. The maximum Gasteiger partial charge on any atom is 0.176 e. The van der Waals surface area contributed by atoms with Gasteiger partial charge in [0.15, 0.2) is 11.4 Å². The van der Waals surface area contributed by atoms with Crippen LogP contribution in [-0.2, 0) is 16.0 Å². The van der Waals surface area contributed by atoms with E-state index in [-0.39, 0.29) is 11.4 Å². The third-order valence-corrected chi connectivity index (χ3v) is 2.16. The number of hydrogen-bond acceptors (Lipinski definition) is 5. The summed E-state index contributed by atoms with van der Waals surface area (Å²) in [5.74, 6) is 0. The van der Waals surface area contributed by atoms with Crippen molar-refractivity contribution in [3.63, 3.8) is 0 Å². The van der Waals surface area contributed by atoms with Crippen molar-refractivity contribution in [2.45, 2.75) is 13.0 Å². The highest BCUT2D eigenvalue weighted by atomic mass is 16.5. The molecule has 0 spiro atoms. The third kappa shape index (κ3) is 3.87. The Morgan fingerprint density at radius 1 is 1.29 bits per heavy atom. The molecule has 0 unspecified atom stereocenters. The minimum absolute atomic E-state index is 0.159. The van der Waals surface area contributed by atoms with Crippen molar-refractivity contribution in [1.82, 2.24) is 9.55 Å². The van der Waals surface area contributed by atoms with Crippen LogP contribution in [0.25, 0.3) is 0 Å². The molecule has 90 valence electrons. The maximum absolute atomic E-state index is 8.87. The van der Waals surface area contributed by atoms with E-state index in [2.05, 4.69) is 4.98 Å². The predicted octanol–water partition coefficient (Wildman–Crippen LogP) is 0.680. The largest absolute Gasteiger partial charge is 0.385 e. The van der Waals surface area contributed by atoms with Gasteiger partial charge in [0.1, 0.15) is 12.1 Å². The molecule has 1 heterocycles. The number of ether oxygens (including phenoxy) is 2. The third-order valence-electron chi connectivity index (χ3n) is 2.16. The second-order valence-corrected chi connectivity index (χ2v) is 3.32. The second kappa shape index (κ2) is 7.39. The van der Waals surface area contributed by atoms with E-state index in [0.29, 0.717) is 26.4 Å². The Morgan fingerprint density at radius 2 is 2.12 bits per heavy atom. The Balaban J connectivity index is 2.35. The number of nitrogens with zero attached hydrogens (tertiary/aromatic N) is 4. The molecule has 0 N–H and O–H groups in total. The SMILES string of the molecule is COCCCOCCn1cnc(C#N)c1C#N. The van der Waals surface area contributed by atoms with Gasteiger partial charge in [-0.05, 0) is 6.42 Å². The van der Waals surface area contributed by atoms with Crippen molar-refractivity contribution in [3.8, 4) is 12.1 Å². The summed E-state index contributed by atoms with van der Waals surface area (Å²) >= 11 is 0. The van der Waals surface area contributed by atoms with Gasteiger partial charge in [-0.25, -0.2) is 4.98 Å². The first-order valence-electron chi connectivity index (χ1n) is 5.25. The summed E-state index contributed by atoms with van der Waals surface area (Å²) in [7, 11) is 1.65. The number of aromatic nitrogens is 2. The topological polar surface area (TPSA) is 83.9 Å². The molecule has 6 nitrogen and oxygen atoms in total. The second-order valence-electron chi connectivity index (χ2n) is 3.32. The average Bonchev–Trinajstić information content (AvgIpc) is 2.75. The van der Waals surface area contributed by atoms with Gasteiger partial charge in [-0.3, -0.25) is 0 Å². The van der Waals surface area contributed by atoms with Crippen LogP contribution in [0.1, 0.15) is 17.8 Å². The highest BCUT2D eigenvalue weighted by Gasteiger charge is 2.08. The van der Waals surface area contributed by atoms with Gasteiger partial charge in [0.05, 0.1) is 12.9 Å². The minimum Gasteiger partial charge on any atom is -0.385 e. The van der Waals surface area contributed by atoms with Crippen LogP contribution in [-0.4, -0.2) is 36.5 Å². The normalized spacial score (nSPS) is 9.82. The molecule has 0 aliphatic rings. The lowest BCUT2D eigenvalue weighted by Gasteiger charge is -2.05.